The molecule has 130 valence electrons. The van der Waals surface area contributed by atoms with Crippen molar-refractivity contribution in [1.29, 1.82) is 0 Å². The van der Waals surface area contributed by atoms with Crippen LogP contribution in [0.3, 0.4) is 0 Å². The molecule has 0 unspecified atom stereocenters. The minimum atomic E-state index is 0.0886. The standard InChI is InChI=1S/C20H29N3O/c24-20(23-14-11-16-7-1-2-8-17(16)15-23)21-18-9-3-4-10-19(18)22-12-5-6-13-22/h3-4,9-10,16-17H,1-2,5-8,11-15H2,(H,21,24)/t16-,17+/m0/s1. The van der Waals surface area contributed by atoms with Crippen molar-refractivity contribution in [3.05, 3.63) is 24.3 Å². The number of anilines is 2. The van der Waals surface area contributed by atoms with Crippen LogP contribution in [-0.2, 0) is 0 Å². The molecule has 4 nitrogen and oxygen atoms in total. The Labute approximate surface area is 145 Å². The summed E-state index contributed by atoms with van der Waals surface area (Å²) >= 11 is 0. The maximum absolute atomic E-state index is 12.8. The maximum Gasteiger partial charge on any atom is 0.321 e. The number of nitrogens with one attached hydrogen (secondary N) is 1. The van der Waals surface area contributed by atoms with E-state index in [9.17, 15) is 4.79 Å². The molecule has 2 aliphatic heterocycles. The summed E-state index contributed by atoms with van der Waals surface area (Å²) in [7, 11) is 0. The number of para-hydroxylation sites is 2. The molecule has 0 aromatic heterocycles. The molecule has 1 N–H and O–H groups in total. The normalized spacial score (nSPS) is 27.0. The van der Waals surface area contributed by atoms with Gasteiger partial charge in [-0.15, -0.1) is 0 Å². The van der Waals surface area contributed by atoms with E-state index in [0.29, 0.717) is 0 Å². The van der Waals surface area contributed by atoms with Crippen molar-refractivity contribution in [2.24, 2.45) is 11.8 Å². The van der Waals surface area contributed by atoms with Crippen LogP contribution in [0.15, 0.2) is 24.3 Å². The number of urea groups is 1. The number of carbonyl (C=O) groups excluding carboxylic acids is 1. The van der Waals surface area contributed by atoms with Crippen LogP contribution in [0.4, 0.5) is 16.2 Å². The molecule has 3 aliphatic rings. The molecule has 1 saturated carbocycles. The van der Waals surface area contributed by atoms with Gasteiger partial charge in [-0.3, -0.25) is 0 Å². The zero-order valence-electron chi connectivity index (χ0n) is 14.5. The van der Waals surface area contributed by atoms with Crippen LogP contribution in [0.1, 0.15) is 44.9 Å². The molecule has 2 atom stereocenters. The SMILES string of the molecule is O=C(Nc1ccccc1N1CCCC1)N1CC[C@@H]2CCCC[C@@H]2C1. The highest BCUT2D eigenvalue weighted by Crippen LogP contribution is 2.36. The van der Waals surface area contributed by atoms with Gasteiger partial charge in [0.05, 0.1) is 11.4 Å². The van der Waals surface area contributed by atoms with Crippen LogP contribution in [0.5, 0.6) is 0 Å². The Hall–Kier alpha value is -1.71. The number of nitrogens with zero attached hydrogens (tertiary/aromatic N) is 2. The van der Waals surface area contributed by atoms with Crippen molar-refractivity contribution in [3.63, 3.8) is 0 Å². The fourth-order valence-corrected chi connectivity index (χ4v) is 4.79. The maximum atomic E-state index is 12.8. The highest BCUT2D eigenvalue weighted by molar-refractivity contribution is 5.93. The van der Waals surface area contributed by atoms with E-state index in [2.05, 4.69) is 22.3 Å². The number of carbonyl (C=O) groups is 1. The highest BCUT2D eigenvalue weighted by Gasteiger charge is 2.33. The van der Waals surface area contributed by atoms with Crippen LogP contribution in [0.25, 0.3) is 0 Å². The van der Waals surface area contributed by atoms with Gasteiger partial charge in [-0.05, 0) is 49.7 Å². The summed E-state index contributed by atoms with van der Waals surface area (Å²) in [5.74, 6) is 1.59. The van der Waals surface area contributed by atoms with Crippen LogP contribution >= 0.6 is 0 Å². The number of benzene rings is 1. The van der Waals surface area contributed by atoms with E-state index in [4.69, 9.17) is 0 Å². The zero-order chi connectivity index (χ0) is 16.4. The lowest BCUT2D eigenvalue weighted by Crippen LogP contribution is -2.46. The summed E-state index contributed by atoms with van der Waals surface area (Å²) in [6.45, 7) is 4.06. The summed E-state index contributed by atoms with van der Waals surface area (Å²) in [5, 5.41) is 3.20. The number of hydrogen-bond acceptors (Lipinski definition) is 2. The van der Waals surface area contributed by atoms with E-state index in [1.807, 2.05) is 17.0 Å². The third-order valence-electron chi connectivity index (χ3n) is 6.17. The van der Waals surface area contributed by atoms with Crippen molar-refractivity contribution in [3.8, 4) is 0 Å². The summed E-state index contributed by atoms with van der Waals surface area (Å²) in [5.41, 5.74) is 2.14. The summed E-state index contributed by atoms with van der Waals surface area (Å²) in [6.07, 6.45) is 9.09. The lowest BCUT2D eigenvalue weighted by molar-refractivity contribution is 0.108. The smallest absolute Gasteiger partial charge is 0.321 e. The van der Waals surface area contributed by atoms with Crippen molar-refractivity contribution < 1.29 is 4.79 Å². The van der Waals surface area contributed by atoms with Gasteiger partial charge >= 0.3 is 6.03 Å². The van der Waals surface area contributed by atoms with Gasteiger partial charge in [0, 0.05) is 26.2 Å². The van der Waals surface area contributed by atoms with Gasteiger partial charge in [0.25, 0.3) is 0 Å². The van der Waals surface area contributed by atoms with E-state index in [1.54, 1.807) is 0 Å². The molecule has 0 spiro atoms. The van der Waals surface area contributed by atoms with E-state index in [0.717, 1.165) is 43.7 Å². The van der Waals surface area contributed by atoms with Crippen LogP contribution in [0.2, 0.25) is 0 Å². The monoisotopic (exact) mass is 327 g/mol. The fraction of sp³-hybridized carbons (Fsp3) is 0.650. The third-order valence-corrected chi connectivity index (χ3v) is 6.17. The molecule has 0 radical (unpaired) electrons. The van der Waals surface area contributed by atoms with Crippen molar-refractivity contribution in [1.82, 2.24) is 4.90 Å². The van der Waals surface area contributed by atoms with Gasteiger partial charge in [0.2, 0.25) is 0 Å². The van der Waals surface area contributed by atoms with Crippen molar-refractivity contribution in [2.75, 3.05) is 36.4 Å². The summed E-state index contributed by atoms with van der Waals surface area (Å²) in [4.78, 5) is 17.2. The lowest BCUT2D eigenvalue weighted by atomic mass is 9.75. The minimum Gasteiger partial charge on any atom is -0.370 e. The molecule has 3 fully saturated rings. The Bertz CT molecular complexity index is 582. The Morgan fingerprint density at radius 2 is 1.67 bits per heavy atom. The molecular weight excluding hydrogens is 298 g/mol. The van der Waals surface area contributed by atoms with Crippen molar-refractivity contribution >= 4 is 17.4 Å². The van der Waals surface area contributed by atoms with Crippen LogP contribution in [0, 0.1) is 11.8 Å². The Kier molecular flexibility index (Phi) is 4.63. The predicted molar refractivity (Wildman–Crippen MR) is 98.5 cm³/mol. The second-order valence-corrected chi connectivity index (χ2v) is 7.68. The fourth-order valence-electron chi connectivity index (χ4n) is 4.79. The first-order valence-electron chi connectivity index (χ1n) is 9.71. The molecule has 0 bridgehead atoms. The van der Waals surface area contributed by atoms with Crippen LogP contribution in [-0.4, -0.2) is 37.1 Å². The number of piperidine rings is 1. The van der Waals surface area contributed by atoms with Gasteiger partial charge in [0.15, 0.2) is 0 Å². The van der Waals surface area contributed by atoms with Gasteiger partial charge in [0.1, 0.15) is 0 Å². The quantitative estimate of drug-likeness (QED) is 0.877. The molecule has 4 heteroatoms. The van der Waals surface area contributed by atoms with Gasteiger partial charge in [-0.1, -0.05) is 31.4 Å². The van der Waals surface area contributed by atoms with Gasteiger partial charge in [-0.25, -0.2) is 4.79 Å². The first-order chi connectivity index (χ1) is 11.8. The van der Waals surface area contributed by atoms with E-state index in [1.165, 1.54) is 50.6 Å². The Balaban J connectivity index is 1.43. The van der Waals surface area contributed by atoms with Crippen molar-refractivity contribution in [2.45, 2.75) is 44.9 Å². The Morgan fingerprint density at radius 3 is 2.50 bits per heavy atom. The number of fused-ring (bicyclic) bond motifs is 1. The largest absolute Gasteiger partial charge is 0.370 e. The molecule has 2 heterocycles. The Morgan fingerprint density at radius 1 is 0.917 bits per heavy atom. The topological polar surface area (TPSA) is 35.6 Å². The van der Waals surface area contributed by atoms with E-state index in [-0.39, 0.29) is 6.03 Å². The van der Waals surface area contributed by atoms with Crippen LogP contribution < -0.4 is 10.2 Å². The number of likely N-dealkylation sites (tertiary alicyclic amines) is 1. The van der Waals surface area contributed by atoms with E-state index < -0.39 is 0 Å². The molecule has 24 heavy (non-hydrogen) atoms. The summed E-state index contributed by atoms with van der Waals surface area (Å²) < 4.78 is 0. The first kappa shape index (κ1) is 15.8. The molecule has 1 aromatic carbocycles. The van der Waals surface area contributed by atoms with Gasteiger partial charge < -0.3 is 15.1 Å². The molecular formula is C20H29N3O. The third kappa shape index (κ3) is 3.24. The second kappa shape index (κ2) is 7.04. The average Bonchev–Trinajstić information content (AvgIpc) is 3.16. The molecule has 2 saturated heterocycles. The predicted octanol–water partition coefficient (Wildman–Crippen LogP) is 4.33. The molecule has 2 amide bonds. The average molecular weight is 327 g/mol. The molecule has 4 rings (SSSR count). The first-order valence-corrected chi connectivity index (χ1v) is 9.71. The van der Waals surface area contributed by atoms with E-state index >= 15 is 0 Å². The minimum absolute atomic E-state index is 0.0886. The second-order valence-electron chi connectivity index (χ2n) is 7.68. The zero-order valence-corrected chi connectivity index (χ0v) is 14.5. The lowest BCUT2D eigenvalue weighted by Gasteiger charge is -2.41. The van der Waals surface area contributed by atoms with Gasteiger partial charge in [-0.2, -0.15) is 0 Å². The number of amides is 2. The highest BCUT2D eigenvalue weighted by atomic mass is 16.2. The number of rotatable bonds is 2. The summed E-state index contributed by atoms with van der Waals surface area (Å²) in [6, 6.07) is 8.35. The molecule has 1 aliphatic carbocycles. The molecule has 1 aromatic rings. The number of hydrogen-bond donors (Lipinski definition) is 1.